The number of carbonyl (C=O) groups is 1. The molecule has 0 bridgehead atoms. The number of nitrogens with one attached hydrogen (secondary N) is 2. The first kappa shape index (κ1) is 22.8. The van der Waals surface area contributed by atoms with Crippen LogP contribution in [-0.2, 0) is 4.79 Å². The number of amidine groups is 1. The lowest BCUT2D eigenvalue weighted by molar-refractivity contribution is -0.117. The van der Waals surface area contributed by atoms with E-state index in [4.69, 9.17) is 28.2 Å². The Morgan fingerprint density at radius 2 is 1.70 bits per heavy atom. The van der Waals surface area contributed by atoms with Crippen LogP contribution in [0.1, 0.15) is 29.7 Å². The van der Waals surface area contributed by atoms with E-state index in [1.807, 2.05) is 85.8 Å². The molecule has 3 aromatic rings. The van der Waals surface area contributed by atoms with Gasteiger partial charge in [0.15, 0.2) is 0 Å². The first-order valence-corrected chi connectivity index (χ1v) is 11.3. The van der Waals surface area contributed by atoms with E-state index in [2.05, 4.69) is 10.6 Å². The molecule has 0 spiro atoms. The highest BCUT2D eigenvalue weighted by Crippen LogP contribution is 2.34. The monoisotopic (exact) mass is 475 g/mol. The smallest absolute Gasteiger partial charge is 0.251 e. The van der Waals surface area contributed by atoms with Crippen molar-refractivity contribution in [3.63, 3.8) is 0 Å². The van der Waals surface area contributed by atoms with Crippen molar-refractivity contribution < 1.29 is 4.79 Å². The molecule has 4 nitrogen and oxygen atoms in total. The SMILES string of the molecule is CC1=C(C(=O)NCC=Cc2ccccc2)C(c2ccc(Cl)c(Cl)c2)N=C(c2ccccc2)N1. The van der Waals surface area contributed by atoms with Crippen molar-refractivity contribution in [1.82, 2.24) is 10.6 Å². The van der Waals surface area contributed by atoms with Gasteiger partial charge in [-0.2, -0.15) is 0 Å². The Bertz CT molecular complexity index is 1230. The number of halogens is 2. The number of amides is 1. The minimum absolute atomic E-state index is 0.190. The summed E-state index contributed by atoms with van der Waals surface area (Å²) in [6.07, 6.45) is 3.90. The van der Waals surface area contributed by atoms with Crippen molar-refractivity contribution >= 4 is 41.0 Å². The summed E-state index contributed by atoms with van der Waals surface area (Å²) in [6.45, 7) is 2.28. The number of benzene rings is 3. The van der Waals surface area contributed by atoms with Crippen molar-refractivity contribution in [2.24, 2.45) is 4.99 Å². The summed E-state index contributed by atoms with van der Waals surface area (Å²) >= 11 is 12.4. The summed E-state index contributed by atoms with van der Waals surface area (Å²) < 4.78 is 0. The molecule has 0 aliphatic carbocycles. The second-order valence-corrected chi connectivity index (χ2v) is 8.42. The first-order chi connectivity index (χ1) is 16.0. The van der Waals surface area contributed by atoms with Crippen LogP contribution in [0.5, 0.6) is 0 Å². The summed E-state index contributed by atoms with van der Waals surface area (Å²) in [5.74, 6) is 0.509. The van der Waals surface area contributed by atoms with Crippen LogP contribution in [-0.4, -0.2) is 18.3 Å². The number of carbonyl (C=O) groups excluding carboxylic acids is 1. The number of nitrogens with zero attached hydrogens (tertiary/aromatic N) is 1. The van der Waals surface area contributed by atoms with Gasteiger partial charge in [0, 0.05) is 17.8 Å². The number of allylic oxidation sites excluding steroid dienone is 1. The quantitative estimate of drug-likeness (QED) is 0.446. The van der Waals surface area contributed by atoms with Crippen molar-refractivity contribution in [2.75, 3.05) is 6.54 Å². The van der Waals surface area contributed by atoms with Gasteiger partial charge in [0.25, 0.3) is 5.91 Å². The molecule has 0 fully saturated rings. The molecule has 33 heavy (non-hydrogen) atoms. The fourth-order valence-electron chi connectivity index (χ4n) is 3.64. The maximum Gasteiger partial charge on any atom is 0.251 e. The van der Waals surface area contributed by atoms with Gasteiger partial charge in [0.2, 0.25) is 0 Å². The van der Waals surface area contributed by atoms with E-state index in [0.29, 0.717) is 28.0 Å². The zero-order chi connectivity index (χ0) is 23.2. The maximum absolute atomic E-state index is 13.2. The van der Waals surface area contributed by atoms with Crippen molar-refractivity contribution in [1.29, 1.82) is 0 Å². The van der Waals surface area contributed by atoms with Gasteiger partial charge in [0.1, 0.15) is 11.9 Å². The van der Waals surface area contributed by atoms with Crippen molar-refractivity contribution in [3.8, 4) is 0 Å². The van der Waals surface area contributed by atoms with Gasteiger partial charge in [-0.25, -0.2) is 0 Å². The molecule has 166 valence electrons. The van der Waals surface area contributed by atoms with E-state index in [1.165, 1.54) is 0 Å². The second-order valence-electron chi connectivity index (χ2n) is 7.61. The van der Waals surface area contributed by atoms with E-state index in [9.17, 15) is 4.79 Å². The highest BCUT2D eigenvalue weighted by atomic mass is 35.5. The fourth-order valence-corrected chi connectivity index (χ4v) is 3.95. The van der Waals surface area contributed by atoms with Gasteiger partial charge in [-0.15, -0.1) is 0 Å². The third-order valence-corrected chi connectivity index (χ3v) is 6.02. The van der Waals surface area contributed by atoms with Crippen LogP contribution in [0.15, 0.2) is 101 Å². The van der Waals surface area contributed by atoms with Gasteiger partial charge in [0.05, 0.1) is 15.6 Å². The van der Waals surface area contributed by atoms with E-state index in [0.717, 1.165) is 22.4 Å². The summed E-state index contributed by atoms with van der Waals surface area (Å²) in [7, 11) is 0. The zero-order valence-corrected chi connectivity index (χ0v) is 19.6. The highest BCUT2D eigenvalue weighted by molar-refractivity contribution is 6.42. The van der Waals surface area contributed by atoms with Crippen LogP contribution in [0.25, 0.3) is 6.08 Å². The molecule has 4 rings (SSSR count). The lowest BCUT2D eigenvalue weighted by atomic mass is 9.94. The van der Waals surface area contributed by atoms with Gasteiger partial charge in [-0.3, -0.25) is 9.79 Å². The standard InChI is InChI=1S/C27H23Cl2N3O/c1-18-24(27(33)30-16-8-11-19-9-4-2-5-10-19)25(21-14-15-22(28)23(29)17-21)32-26(31-18)20-12-6-3-7-13-20/h2-15,17,25H,16H2,1H3,(H,30,33)(H,31,32). The van der Waals surface area contributed by atoms with Crippen LogP contribution in [0.4, 0.5) is 0 Å². The molecule has 2 N–H and O–H groups in total. The zero-order valence-electron chi connectivity index (χ0n) is 18.1. The Labute approximate surface area is 203 Å². The topological polar surface area (TPSA) is 53.5 Å². The minimum Gasteiger partial charge on any atom is -0.349 e. The summed E-state index contributed by atoms with van der Waals surface area (Å²) in [5, 5.41) is 7.16. The molecule has 0 aromatic heterocycles. The Balaban J connectivity index is 1.61. The molecule has 1 heterocycles. The summed E-state index contributed by atoms with van der Waals surface area (Å²) in [5.41, 5.74) is 4.09. The summed E-state index contributed by atoms with van der Waals surface area (Å²) in [4.78, 5) is 18.1. The van der Waals surface area contributed by atoms with E-state index < -0.39 is 6.04 Å². The first-order valence-electron chi connectivity index (χ1n) is 10.6. The number of hydrogen-bond donors (Lipinski definition) is 2. The molecule has 3 aromatic carbocycles. The van der Waals surface area contributed by atoms with E-state index in [1.54, 1.807) is 12.1 Å². The molecule has 0 saturated heterocycles. The maximum atomic E-state index is 13.2. The molecule has 6 heteroatoms. The lowest BCUT2D eigenvalue weighted by Gasteiger charge is -2.27. The number of aliphatic imine (C=N–C) groups is 1. The van der Waals surface area contributed by atoms with Crippen LogP contribution in [0.2, 0.25) is 10.0 Å². The molecule has 1 amide bonds. The van der Waals surface area contributed by atoms with Crippen molar-refractivity contribution in [3.05, 3.63) is 123 Å². The van der Waals surface area contributed by atoms with Crippen LogP contribution < -0.4 is 10.6 Å². The summed E-state index contributed by atoms with van der Waals surface area (Å²) in [6, 6.07) is 24.6. The van der Waals surface area contributed by atoms with Gasteiger partial charge in [-0.1, -0.05) is 102 Å². The van der Waals surface area contributed by atoms with Crippen molar-refractivity contribution in [2.45, 2.75) is 13.0 Å². The fraction of sp³-hybridized carbons (Fsp3) is 0.111. The predicted molar refractivity (Wildman–Crippen MR) is 137 cm³/mol. The Hall–Kier alpha value is -3.34. The molecule has 1 unspecified atom stereocenters. The van der Waals surface area contributed by atoms with Crippen LogP contribution in [0, 0.1) is 0 Å². The molecular weight excluding hydrogens is 453 g/mol. The number of hydrogen-bond acceptors (Lipinski definition) is 3. The predicted octanol–water partition coefficient (Wildman–Crippen LogP) is 6.19. The van der Waals surface area contributed by atoms with Crippen LogP contribution >= 0.6 is 23.2 Å². The largest absolute Gasteiger partial charge is 0.349 e. The minimum atomic E-state index is -0.519. The third kappa shape index (κ3) is 5.54. The second kappa shape index (κ2) is 10.5. The Morgan fingerprint density at radius 3 is 2.39 bits per heavy atom. The Kier molecular flexibility index (Phi) is 7.28. The normalized spacial score (nSPS) is 15.8. The third-order valence-electron chi connectivity index (χ3n) is 5.28. The van der Waals surface area contributed by atoms with Gasteiger partial charge < -0.3 is 10.6 Å². The molecule has 1 atom stereocenters. The Morgan fingerprint density at radius 1 is 1.00 bits per heavy atom. The molecule has 1 aliphatic rings. The van der Waals surface area contributed by atoms with Crippen LogP contribution in [0.3, 0.4) is 0 Å². The van der Waals surface area contributed by atoms with Gasteiger partial charge in [-0.05, 0) is 30.2 Å². The van der Waals surface area contributed by atoms with E-state index in [-0.39, 0.29) is 5.91 Å². The average molecular weight is 476 g/mol. The molecule has 1 aliphatic heterocycles. The average Bonchev–Trinajstić information content (AvgIpc) is 2.84. The molecular formula is C27H23Cl2N3O. The highest BCUT2D eigenvalue weighted by Gasteiger charge is 2.29. The lowest BCUT2D eigenvalue weighted by Crippen LogP contribution is -2.36. The molecule has 0 radical (unpaired) electrons. The number of rotatable bonds is 6. The van der Waals surface area contributed by atoms with Gasteiger partial charge >= 0.3 is 0 Å². The van der Waals surface area contributed by atoms with E-state index >= 15 is 0 Å². The molecule has 0 saturated carbocycles.